The van der Waals surface area contributed by atoms with Gasteiger partial charge in [0.05, 0.1) is 12.6 Å². The van der Waals surface area contributed by atoms with Crippen molar-refractivity contribution in [3.8, 4) is 5.75 Å². The van der Waals surface area contributed by atoms with Crippen LogP contribution in [-0.4, -0.2) is 25.1 Å². The highest BCUT2D eigenvalue weighted by Gasteiger charge is 2.24. The van der Waals surface area contributed by atoms with Crippen molar-refractivity contribution >= 4 is 11.6 Å². The molecule has 1 heterocycles. The molecule has 1 fully saturated rings. The lowest BCUT2D eigenvalue weighted by Crippen LogP contribution is -2.45. The number of anilines is 1. The fourth-order valence-electron chi connectivity index (χ4n) is 2.42. The van der Waals surface area contributed by atoms with Crippen LogP contribution in [0.3, 0.4) is 0 Å². The van der Waals surface area contributed by atoms with Gasteiger partial charge in [-0.05, 0) is 43.9 Å². The number of hydrogen-bond donors (Lipinski definition) is 2. The van der Waals surface area contributed by atoms with E-state index in [1.807, 2.05) is 24.3 Å². The van der Waals surface area contributed by atoms with Crippen LogP contribution in [0.25, 0.3) is 0 Å². The van der Waals surface area contributed by atoms with Crippen LogP contribution in [0.5, 0.6) is 5.75 Å². The molecule has 2 atom stereocenters. The van der Waals surface area contributed by atoms with Gasteiger partial charge in [-0.3, -0.25) is 4.79 Å². The highest BCUT2D eigenvalue weighted by atomic mass is 16.5. The monoisotopic (exact) mass is 276 g/mol. The van der Waals surface area contributed by atoms with Gasteiger partial charge in [0, 0.05) is 11.8 Å². The number of ether oxygens (including phenoxy) is 1. The van der Waals surface area contributed by atoms with E-state index in [0.29, 0.717) is 12.5 Å². The van der Waals surface area contributed by atoms with Crippen LogP contribution in [0.4, 0.5) is 5.69 Å². The molecule has 0 aromatic heterocycles. The van der Waals surface area contributed by atoms with Crippen molar-refractivity contribution in [3.63, 3.8) is 0 Å². The van der Waals surface area contributed by atoms with E-state index < -0.39 is 0 Å². The van der Waals surface area contributed by atoms with Gasteiger partial charge in [-0.25, -0.2) is 0 Å². The predicted molar refractivity (Wildman–Crippen MR) is 81.0 cm³/mol. The Morgan fingerprint density at radius 1 is 1.50 bits per heavy atom. The molecule has 2 N–H and O–H groups in total. The first kappa shape index (κ1) is 14.9. The minimum Gasteiger partial charge on any atom is -0.494 e. The summed E-state index contributed by atoms with van der Waals surface area (Å²) in [6, 6.07) is 7.49. The molecule has 0 bridgehead atoms. The fraction of sp³-hybridized carbons (Fsp3) is 0.562. The van der Waals surface area contributed by atoms with E-state index in [2.05, 4.69) is 24.5 Å². The smallest absolute Gasteiger partial charge is 0.241 e. The third-order valence-electron chi connectivity index (χ3n) is 3.56. The molecule has 1 aromatic carbocycles. The molecule has 1 aromatic rings. The van der Waals surface area contributed by atoms with Crippen LogP contribution in [0.1, 0.15) is 33.1 Å². The average Bonchev–Trinajstić information content (AvgIpc) is 2.45. The molecule has 0 aliphatic carbocycles. The van der Waals surface area contributed by atoms with Crippen molar-refractivity contribution in [3.05, 3.63) is 24.3 Å². The van der Waals surface area contributed by atoms with Crippen LogP contribution < -0.4 is 15.4 Å². The second-order valence-electron chi connectivity index (χ2n) is 5.50. The van der Waals surface area contributed by atoms with Gasteiger partial charge in [0.15, 0.2) is 0 Å². The number of piperidine rings is 1. The summed E-state index contributed by atoms with van der Waals surface area (Å²) < 4.78 is 5.57. The Bertz CT molecular complexity index is 448. The van der Waals surface area contributed by atoms with Gasteiger partial charge in [-0.1, -0.05) is 19.9 Å². The summed E-state index contributed by atoms with van der Waals surface area (Å²) >= 11 is 0. The van der Waals surface area contributed by atoms with Crippen molar-refractivity contribution in [2.45, 2.75) is 39.2 Å². The molecule has 0 spiro atoms. The second kappa shape index (κ2) is 7.29. The summed E-state index contributed by atoms with van der Waals surface area (Å²) in [6.07, 6.45) is 3.02. The van der Waals surface area contributed by atoms with E-state index in [4.69, 9.17) is 4.74 Å². The maximum absolute atomic E-state index is 12.2. The normalized spacial score (nSPS) is 22.3. The lowest BCUT2D eigenvalue weighted by atomic mass is 9.94. The first-order chi connectivity index (χ1) is 9.69. The van der Waals surface area contributed by atoms with Gasteiger partial charge >= 0.3 is 0 Å². The van der Waals surface area contributed by atoms with Crippen molar-refractivity contribution < 1.29 is 9.53 Å². The quantitative estimate of drug-likeness (QED) is 0.869. The minimum atomic E-state index is -0.0843. The Morgan fingerprint density at radius 2 is 2.35 bits per heavy atom. The van der Waals surface area contributed by atoms with Gasteiger partial charge in [-0.15, -0.1) is 0 Å². The Balaban J connectivity index is 1.93. The van der Waals surface area contributed by atoms with Gasteiger partial charge in [-0.2, -0.15) is 0 Å². The van der Waals surface area contributed by atoms with Crippen LogP contribution in [0.2, 0.25) is 0 Å². The number of carbonyl (C=O) groups excluding carboxylic acids is 1. The second-order valence-corrected chi connectivity index (χ2v) is 5.50. The molecule has 4 nitrogen and oxygen atoms in total. The number of hydrogen-bond acceptors (Lipinski definition) is 3. The molecule has 1 saturated heterocycles. The zero-order chi connectivity index (χ0) is 14.4. The Kier molecular flexibility index (Phi) is 5.41. The van der Waals surface area contributed by atoms with Crippen LogP contribution in [0.15, 0.2) is 24.3 Å². The Labute approximate surface area is 120 Å². The average molecular weight is 276 g/mol. The topological polar surface area (TPSA) is 50.4 Å². The van der Waals surface area contributed by atoms with Crippen molar-refractivity contribution in [2.75, 3.05) is 18.5 Å². The summed E-state index contributed by atoms with van der Waals surface area (Å²) in [5.74, 6) is 1.45. The number of nitrogens with one attached hydrogen (secondary N) is 2. The lowest BCUT2D eigenvalue weighted by Gasteiger charge is -2.27. The molecule has 4 heteroatoms. The van der Waals surface area contributed by atoms with Crippen molar-refractivity contribution in [2.24, 2.45) is 5.92 Å². The number of amides is 1. The van der Waals surface area contributed by atoms with E-state index in [1.165, 1.54) is 0 Å². The molecule has 1 amide bonds. The van der Waals surface area contributed by atoms with Crippen LogP contribution in [-0.2, 0) is 4.79 Å². The fourth-order valence-corrected chi connectivity index (χ4v) is 2.42. The molecular formula is C16H24N2O2. The number of carbonyl (C=O) groups is 1. The summed E-state index contributed by atoms with van der Waals surface area (Å²) in [7, 11) is 0. The first-order valence-corrected chi connectivity index (χ1v) is 7.46. The van der Waals surface area contributed by atoms with E-state index in [9.17, 15) is 4.79 Å². The molecule has 2 rings (SSSR count). The van der Waals surface area contributed by atoms with Crippen molar-refractivity contribution in [1.82, 2.24) is 5.32 Å². The van der Waals surface area contributed by atoms with E-state index in [1.54, 1.807) is 0 Å². The maximum Gasteiger partial charge on any atom is 0.241 e. The summed E-state index contributed by atoms with van der Waals surface area (Å²) in [4.78, 5) is 12.2. The largest absolute Gasteiger partial charge is 0.494 e. The Hall–Kier alpha value is -1.55. The SMILES string of the molecule is CCCOc1cccc(NC(=O)C2CC(C)CCN2)c1. The van der Waals surface area contributed by atoms with E-state index >= 15 is 0 Å². The third kappa shape index (κ3) is 4.23. The molecule has 0 saturated carbocycles. The summed E-state index contributed by atoms with van der Waals surface area (Å²) in [5.41, 5.74) is 0.795. The maximum atomic E-state index is 12.2. The highest BCUT2D eigenvalue weighted by Crippen LogP contribution is 2.20. The van der Waals surface area contributed by atoms with E-state index in [-0.39, 0.29) is 11.9 Å². The van der Waals surface area contributed by atoms with E-state index in [0.717, 1.165) is 37.2 Å². The minimum absolute atomic E-state index is 0.0455. The molecule has 2 unspecified atom stereocenters. The van der Waals surface area contributed by atoms with Crippen molar-refractivity contribution in [1.29, 1.82) is 0 Å². The third-order valence-corrected chi connectivity index (χ3v) is 3.56. The number of rotatable bonds is 5. The number of benzene rings is 1. The Morgan fingerprint density at radius 3 is 3.10 bits per heavy atom. The molecule has 1 aliphatic heterocycles. The highest BCUT2D eigenvalue weighted by molar-refractivity contribution is 5.95. The molecular weight excluding hydrogens is 252 g/mol. The van der Waals surface area contributed by atoms with Gasteiger partial charge in [0.1, 0.15) is 5.75 Å². The first-order valence-electron chi connectivity index (χ1n) is 7.46. The van der Waals surface area contributed by atoms with Gasteiger partial charge in [0.25, 0.3) is 0 Å². The standard InChI is InChI=1S/C16H24N2O2/c1-3-9-20-14-6-4-5-13(11-14)18-16(19)15-10-12(2)7-8-17-15/h4-6,11-12,15,17H,3,7-10H2,1-2H3,(H,18,19). The molecule has 20 heavy (non-hydrogen) atoms. The summed E-state index contributed by atoms with van der Waals surface area (Å²) in [5, 5.41) is 6.24. The van der Waals surface area contributed by atoms with Gasteiger partial charge < -0.3 is 15.4 Å². The van der Waals surface area contributed by atoms with Crippen LogP contribution in [0, 0.1) is 5.92 Å². The van der Waals surface area contributed by atoms with Crippen LogP contribution >= 0.6 is 0 Å². The van der Waals surface area contributed by atoms with Gasteiger partial charge in [0.2, 0.25) is 5.91 Å². The molecule has 110 valence electrons. The zero-order valence-corrected chi connectivity index (χ0v) is 12.3. The zero-order valence-electron chi connectivity index (χ0n) is 12.3. The molecule has 0 radical (unpaired) electrons. The molecule has 1 aliphatic rings. The predicted octanol–water partition coefficient (Wildman–Crippen LogP) is 2.80. The summed E-state index contributed by atoms with van der Waals surface area (Å²) in [6.45, 7) is 5.87. The lowest BCUT2D eigenvalue weighted by molar-refractivity contribution is -0.119.